The summed E-state index contributed by atoms with van der Waals surface area (Å²) in [5.41, 5.74) is 0.758. The van der Waals surface area contributed by atoms with Gasteiger partial charge in [0.1, 0.15) is 9.52 Å². The van der Waals surface area contributed by atoms with Crippen LogP contribution in [-0.4, -0.2) is 26.7 Å². The van der Waals surface area contributed by atoms with E-state index in [0.29, 0.717) is 5.82 Å². The monoisotopic (exact) mass is 302 g/mol. The molecule has 14 heavy (non-hydrogen) atoms. The van der Waals surface area contributed by atoms with E-state index in [4.69, 9.17) is 5.02 Å². The topological polar surface area (TPSA) is 62.5 Å². The highest BCUT2D eigenvalue weighted by Gasteiger charge is 2.06. The second-order valence-corrected chi connectivity index (χ2v) is 4.01. The van der Waals surface area contributed by atoms with Crippen molar-refractivity contribution in [1.29, 1.82) is 0 Å². The molecule has 2 aromatic heterocycles. The molecule has 0 saturated carbocycles. The van der Waals surface area contributed by atoms with Gasteiger partial charge in [-0.05, 0) is 41.5 Å². The molecule has 5 nitrogen and oxygen atoms in total. The van der Waals surface area contributed by atoms with Crippen LogP contribution in [0.2, 0.25) is 6.82 Å². The van der Waals surface area contributed by atoms with Crippen LogP contribution >= 0.6 is 22.6 Å². The Morgan fingerprint density at radius 3 is 3.07 bits per heavy atom. The molecule has 72 valence electrons. The maximum atomic E-state index is 9.10. The predicted octanol–water partition coefficient (Wildman–Crippen LogP) is 0.856. The highest BCUT2D eigenvalue weighted by molar-refractivity contribution is 14.1. The molecule has 0 bridgehead atoms. The Bertz CT molecular complexity index is 458. The molecule has 2 N–H and O–H groups in total. The summed E-state index contributed by atoms with van der Waals surface area (Å²) < 4.78 is 2.57. The molecule has 0 amide bonds. The molecule has 0 saturated heterocycles. The van der Waals surface area contributed by atoms with Gasteiger partial charge in [-0.2, -0.15) is 5.10 Å². The third-order valence-corrected chi connectivity index (χ3v) is 2.22. The number of rotatable bonds is 2. The van der Waals surface area contributed by atoms with Gasteiger partial charge in [-0.25, -0.2) is 9.50 Å². The number of hydrogen-bond donors (Lipinski definition) is 2. The molecule has 0 atom stereocenters. The number of imidazole rings is 1. The van der Waals surface area contributed by atoms with Crippen molar-refractivity contribution in [1.82, 2.24) is 14.6 Å². The van der Waals surface area contributed by atoms with Crippen LogP contribution in [0.5, 0.6) is 0 Å². The fourth-order valence-electron chi connectivity index (χ4n) is 1.14. The van der Waals surface area contributed by atoms with E-state index < -0.39 is 7.05 Å². The number of nitrogens with one attached hydrogen (secondary N) is 1. The van der Waals surface area contributed by atoms with Crippen molar-refractivity contribution in [2.75, 3.05) is 5.23 Å². The minimum Gasteiger partial charge on any atom is -0.433 e. The van der Waals surface area contributed by atoms with Gasteiger partial charge in [0.2, 0.25) is 0 Å². The number of nitrogens with zero attached hydrogens (tertiary/aromatic N) is 3. The highest BCUT2D eigenvalue weighted by Crippen LogP contribution is 2.09. The first-order valence-electron chi connectivity index (χ1n) is 4.12. The quantitative estimate of drug-likeness (QED) is 0.638. The lowest BCUT2D eigenvalue weighted by Crippen LogP contribution is -2.19. The summed E-state index contributed by atoms with van der Waals surface area (Å²) >= 11 is 2.13. The normalized spacial score (nSPS) is 10.5. The molecule has 0 aromatic carbocycles. The number of halogens is 1. The minimum atomic E-state index is -0.612. The zero-order valence-corrected chi connectivity index (χ0v) is 9.63. The van der Waals surface area contributed by atoms with E-state index in [1.807, 2.05) is 12.1 Å². The van der Waals surface area contributed by atoms with Crippen molar-refractivity contribution in [3.63, 3.8) is 0 Å². The molecule has 0 aliphatic rings. The average molecular weight is 302 g/mol. The zero-order valence-electron chi connectivity index (χ0n) is 7.48. The van der Waals surface area contributed by atoms with Gasteiger partial charge >= 0.3 is 7.05 Å². The Morgan fingerprint density at radius 1 is 1.57 bits per heavy atom. The zero-order chi connectivity index (χ0) is 10.1. The Kier molecular flexibility index (Phi) is 2.59. The Hall–Kier alpha value is -0.825. The third kappa shape index (κ3) is 1.98. The molecule has 7 heteroatoms. The molecule has 0 aliphatic heterocycles. The molecule has 0 radical (unpaired) electrons. The first kappa shape index (κ1) is 9.72. The summed E-state index contributed by atoms with van der Waals surface area (Å²) in [7, 11) is -0.612. The molecular formula is C7H8BIN4O. The van der Waals surface area contributed by atoms with Gasteiger partial charge in [0.05, 0.1) is 6.20 Å². The van der Waals surface area contributed by atoms with E-state index >= 15 is 0 Å². The van der Waals surface area contributed by atoms with Crippen LogP contribution in [0.25, 0.3) is 5.65 Å². The van der Waals surface area contributed by atoms with Crippen molar-refractivity contribution < 1.29 is 5.02 Å². The summed E-state index contributed by atoms with van der Waals surface area (Å²) in [5, 5.41) is 16.1. The number of hydrogen-bond acceptors (Lipinski definition) is 4. The van der Waals surface area contributed by atoms with E-state index in [2.05, 4.69) is 37.9 Å². The van der Waals surface area contributed by atoms with Gasteiger partial charge < -0.3 is 10.3 Å². The van der Waals surface area contributed by atoms with Gasteiger partial charge in [0, 0.05) is 0 Å². The lowest BCUT2D eigenvalue weighted by atomic mass is 9.89. The van der Waals surface area contributed by atoms with Gasteiger partial charge in [-0.3, -0.25) is 0 Å². The average Bonchev–Trinajstić information content (AvgIpc) is 2.44. The molecule has 0 spiro atoms. The van der Waals surface area contributed by atoms with Crippen LogP contribution in [0.1, 0.15) is 0 Å². The summed E-state index contributed by atoms with van der Waals surface area (Å²) in [5.74, 6) is 0.620. The van der Waals surface area contributed by atoms with Crippen molar-refractivity contribution in [2.45, 2.75) is 6.82 Å². The largest absolute Gasteiger partial charge is 0.433 e. The van der Waals surface area contributed by atoms with Gasteiger partial charge in [-0.1, -0.05) is 0 Å². The standard InChI is InChI=1S/C7H8BIN4O/c1-8(14)11-6-4-13-7(10-6)3-2-5(9)12-13/h2-4,11,14H,1H3. The smallest absolute Gasteiger partial charge is 0.408 e. The molecule has 2 aromatic rings. The van der Waals surface area contributed by atoms with E-state index in [9.17, 15) is 0 Å². The first-order chi connectivity index (χ1) is 6.65. The van der Waals surface area contributed by atoms with Crippen molar-refractivity contribution in [3.8, 4) is 0 Å². The molecule has 0 aliphatic carbocycles. The fraction of sp³-hybridized carbons (Fsp3) is 0.143. The Balaban J connectivity index is 2.41. The summed E-state index contributed by atoms with van der Waals surface area (Å²) in [6, 6.07) is 3.76. The van der Waals surface area contributed by atoms with Crippen LogP contribution in [-0.2, 0) is 0 Å². The molecular weight excluding hydrogens is 294 g/mol. The fourth-order valence-corrected chi connectivity index (χ4v) is 1.55. The number of fused-ring (bicyclic) bond motifs is 1. The van der Waals surface area contributed by atoms with E-state index in [0.717, 1.165) is 9.35 Å². The van der Waals surface area contributed by atoms with Crippen molar-refractivity contribution in [2.24, 2.45) is 0 Å². The Labute approximate surface area is 94.8 Å². The van der Waals surface area contributed by atoms with E-state index in [1.165, 1.54) is 0 Å². The molecule has 0 unspecified atom stereocenters. The maximum absolute atomic E-state index is 9.10. The van der Waals surface area contributed by atoms with Crippen LogP contribution in [0.4, 0.5) is 5.82 Å². The second kappa shape index (κ2) is 3.74. The van der Waals surface area contributed by atoms with E-state index in [1.54, 1.807) is 17.5 Å². The number of aromatic nitrogens is 3. The minimum absolute atomic E-state index is 0.612. The predicted molar refractivity (Wildman–Crippen MR) is 63.2 cm³/mol. The summed E-state index contributed by atoms with van der Waals surface area (Å²) in [4.78, 5) is 4.22. The van der Waals surface area contributed by atoms with Crippen LogP contribution in [0, 0.1) is 3.70 Å². The van der Waals surface area contributed by atoms with Crippen molar-refractivity contribution in [3.05, 3.63) is 22.0 Å². The highest BCUT2D eigenvalue weighted by atomic mass is 127. The van der Waals surface area contributed by atoms with Crippen LogP contribution < -0.4 is 5.23 Å². The van der Waals surface area contributed by atoms with Crippen LogP contribution in [0.3, 0.4) is 0 Å². The molecule has 2 heterocycles. The second-order valence-electron chi connectivity index (χ2n) is 2.91. The van der Waals surface area contributed by atoms with Gasteiger partial charge in [0.25, 0.3) is 0 Å². The molecule has 0 fully saturated rings. The summed E-state index contributed by atoms with van der Waals surface area (Å²) in [6.07, 6.45) is 1.74. The molecule has 2 rings (SSSR count). The van der Waals surface area contributed by atoms with Crippen LogP contribution in [0.15, 0.2) is 18.3 Å². The van der Waals surface area contributed by atoms with Gasteiger partial charge in [0.15, 0.2) is 5.65 Å². The third-order valence-electron chi connectivity index (χ3n) is 1.64. The van der Waals surface area contributed by atoms with E-state index in [-0.39, 0.29) is 0 Å². The Morgan fingerprint density at radius 2 is 2.36 bits per heavy atom. The lowest BCUT2D eigenvalue weighted by molar-refractivity contribution is 0.586. The van der Waals surface area contributed by atoms with Crippen molar-refractivity contribution >= 4 is 41.1 Å². The maximum Gasteiger partial charge on any atom is 0.408 e. The first-order valence-corrected chi connectivity index (χ1v) is 5.19. The SMILES string of the molecule is CB(O)Nc1cn2nc(I)ccc2n1. The number of anilines is 1. The van der Waals surface area contributed by atoms with Gasteiger partial charge in [-0.15, -0.1) is 0 Å². The lowest BCUT2D eigenvalue weighted by Gasteiger charge is -1.98. The summed E-state index contributed by atoms with van der Waals surface area (Å²) in [6.45, 7) is 1.64.